The van der Waals surface area contributed by atoms with Gasteiger partial charge in [0.05, 0.1) is 12.1 Å². The first-order valence-corrected chi connectivity index (χ1v) is 10.5. The molecule has 1 N–H and O–H groups in total. The first-order chi connectivity index (χ1) is 15.3. The lowest BCUT2D eigenvalue weighted by Gasteiger charge is -2.14. The first kappa shape index (κ1) is 21.8. The molecule has 9 heteroatoms. The van der Waals surface area contributed by atoms with E-state index in [-0.39, 0.29) is 24.1 Å². The van der Waals surface area contributed by atoms with Crippen LogP contribution in [-0.4, -0.2) is 20.0 Å². The maximum atomic E-state index is 13.2. The molecule has 7 nitrogen and oxygen atoms in total. The van der Waals surface area contributed by atoms with Gasteiger partial charge in [0.25, 0.3) is 5.56 Å². The van der Waals surface area contributed by atoms with Gasteiger partial charge in [-0.3, -0.25) is 18.7 Å². The molecule has 0 bridgehead atoms. The number of hydrogen-bond donors (Lipinski definition) is 1. The van der Waals surface area contributed by atoms with Crippen LogP contribution < -0.4 is 16.6 Å². The maximum Gasteiger partial charge on any atom is 0.332 e. The van der Waals surface area contributed by atoms with Crippen LogP contribution in [-0.2, 0) is 17.9 Å². The number of carbonyl (C=O) groups is 1. The van der Waals surface area contributed by atoms with E-state index in [9.17, 15) is 14.4 Å². The summed E-state index contributed by atoms with van der Waals surface area (Å²) in [6.07, 6.45) is 1.47. The molecule has 0 unspecified atom stereocenters. The van der Waals surface area contributed by atoms with E-state index in [1.165, 1.54) is 10.8 Å². The lowest BCUT2D eigenvalue weighted by Crippen LogP contribution is -2.42. The monoisotopic (exact) mass is 468 g/mol. The first-order valence-electron chi connectivity index (χ1n) is 9.72. The van der Waals surface area contributed by atoms with Gasteiger partial charge in [-0.25, -0.2) is 9.78 Å². The third-order valence-corrected chi connectivity index (χ3v) is 5.66. The summed E-state index contributed by atoms with van der Waals surface area (Å²) >= 11 is 12.1. The molecular formula is C23H18Cl2N4O3. The smallest absolute Gasteiger partial charge is 0.324 e. The van der Waals surface area contributed by atoms with Crippen molar-refractivity contribution < 1.29 is 4.79 Å². The van der Waals surface area contributed by atoms with E-state index in [4.69, 9.17) is 23.2 Å². The summed E-state index contributed by atoms with van der Waals surface area (Å²) in [6.45, 7) is 1.58. The quantitative estimate of drug-likeness (QED) is 0.481. The number of nitrogens with zero attached hydrogens (tertiary/aromatic N) is 3. The van der Waals surface area contributed by atoms with Crippen molar-refractivity contribution in [3.8, 4) is 0 Å². The summed E-state index contributed by atoms with van der Waals surface area (Å²) < 4.78 is 2.30. The Bertz CT molecular complexity index is 1440. The largest absolute Gasteiger partial charge is 0.332 e. The van der Waals surface area contributed by atoms with Crippen molar-refractivity contribution >= 4 is 45.8 Å². The fraction of sp³-hybridized carbons (Fsp3) is 0.130. The standard InChI is InChI=1S/C23H18Cl2N4O3/c1-14-4-9-17(11-18(14)25)27-20(30)13-28-19-3-2-10-26-21(19)22(31)29(23(28)32)12-15-5-7-16(24)8-6-15/h2-11H,12-13H2,1H3,(H,27,30). The number of rotatable bonds is 5. The van der Waals surface area contributed by atoms with Crippen molar-refractivity contribution in [2.45, 2.75) is 20.0 Å². The highest BCUT2D eigenvalue weighted by atomic mass is 35.5. The Balaban J connectivity index is 1.73. The van der Waals surface area contributed by atoms with Crippen LogP contribution in [0.3, 0.4) is 0 Å². The Hall–Kier alpha value is -3.42. The van der Waals surface area contributed by atoms with Gasteiger partial charge in [-0.05, 0) is 54.4 Å². The zero-order valence-corrected chi connectivity index (χ0v) is 18.5. The van der Waals surface area contributed by atoms with Gasteiger partial charge < -0.3 is 5.32 Å². The predicted molar refractivity (Wildman–Crippen MR) is 126 cm³/mol. The molecule has 162 valence electrons. The summed E-state index contributed by atoms with van der Waals surface area (Å²) in [6, 6.07) is 15.2. The molecule has 2 aromatic carbocycles. The third kappa shape index (κ3) is 4.44. The molecule has 0 saturated heterocycles. The normalized spacial score (nSPS) is 11.0. The number of pyridine rings is 1. The van der Waals surface area contributed by atoms with Gasteiger partial charge >= 0.3 is 5.69 Å². The highest BCUT2D eigenvalue weighted by Crippen LogP contribution is 2.20. The van der Waals surface area contributed by atoms with Gasteiger partial charge in [-0.1, -0.05) is 41.4 Å². The van der Waals surface area contributed by atoms with Crippen LogP contribution in [0.25, 0.3) is 11.0 Å². The number of nitrogens with one attached hydrogen (secondary N) is 1. The lowest BCUT2D eigenvalue weighted by atomic mass is 10.2. The molecular weight excluding hydrogens is 451 g/mol. The van der Waals surface area contributed by atoms with Gasteiger partial charge in [0, 0.05) is 21.9 Å². The van der Waals surface area contributed by atoms with Gasteiger partial charge in [-0.2, -0.15) is 0 Å². The summed E-state index contributed by atoms with van der Waals surface area (Å²) in [5.41, 5.74) is 1.36. The molecule has 2 heterocycles. The number of hydrogen-bond acceptors (Lipinski definition) is 4. The summed E-state index contributed by atoms with van der Waals surface area (Å²) in [5, 5.41) is 3.80. The van der Waals surface area contributed by atoms with Crippen LogP contribution in [0.2, 0.25) is 10.0 Å². The van der Waals surface area contributed by atoms with Gasteiger partial charge in [0.2, 0.25) is 5.91 Å². The molecule has 1 amide bonds. The SMILES string of the molecule is Cc1ccc(NC(=O)Cn2c(=O)n(Cc3ccc(Cl)cc3)c(=O)c3ncccc32)cc1Cl. The zero-order chi connectivity index (χ0) is 22.8. The van der Waals surface area contributed by atoms with Crippen molar-refractivity contribution in [1.82, 2.24) is 14.1 Å². The second-order valence-corrected chi connectivity index (χ2v) is 8.11. The van der Waals surface area contributed by atoms with E-state index < -0.39 is 17.2 Å². The molecule has 0 aliphatic rings. The molecule has 32 heavy (non-hydrogen) atoms. The van der Waals surface area contributed by atoms with E-state index in [0.29, 0.717) is 21.3 Å². The topological polar surface area (TPSA) is 86.0 Å². The number of fused-ring (bicyclic) bond motifs is 1. The molecule has 0 radical (unpaired) electrons. The summed E-state index contributed by atoms with van der Waals surface area (Å²) in [7, 11) is 0. The van der Waals surface area contributed by atoms with E-state index in [2.05, 4.69) is 10.3 Å². The molecule has 4 rings (SSSR count). The number of amides is 1. The van der Waals surface area contributed by atoms with Crippen LogP contribution in [0.5, 0.6) is 0 Å². The number of aromatic nitrogens is 3. The van der Waals surface area contributed by atoms with E-state index in [1.807, 2.05) is 6.92 Å². The number of halogens is 2. The van der Waals surface area contributed by atoms with Crippen LogP contribution >= 0.6 is 23.2 Å². The highest BCUT2D eigenvalue weighted by molar-refractivity contribution is 6.31. The Morgan fingerprint density at radius 3 is 2.50 bits per heavy atom. The van der Waals surface area contributed by atoms with Crippen molar-refractivity contribution in [3.63, 3.8) is 0 Å². The average Bonchev–Trinajstić information content (AvgIpc) is 2.78. The van der Waals surface area contributed by atoms with Gasteiger partial charge in [0.1, 0.15) is 6.54 Å². The highest BCUT2D eigenvalue weighted by Gasteiger charge is 2.17. The minimum Gasteiger partial charge on any atom is -0.324 e. The molecule has 0 spiro atoms. The molecule has 0 saturated carbocycles. The van der Waals surface area contributed by atoms with Crippen molar-refractivity contribution in [3.05, 3.63) is 103 Å². The average molecular weight is 469 g/mol. The molecule has 0 aliphatic heterocycles. The van der Waals surface area contributed by atoms with Crippen molar-refractivity contribution in [2.24, 2.45) is 0 Å². The van der Waals surface area contributed by atoms with Crippen LogP contribution in [0.4, 0.5) is 5.69 Å². The summed E-state index contributed by atoms with van der Waals surface area (Å²) in [5.74, 6) is -0.436. The molecule has 2 aromatic heterocycles. The minimum absolute atomic E-state index is 0.0243. The second-order valence-electron chi connectivity index (χ2n) is 7.27. The molecule has 0 aliphatic carbocycles. The Morgan fingerprint density at radius 2 is 1.78 bits per heavy atom. The molecule has 0 atom stereocenters. The fourth-order valence-corrected chi connectivity index (χ4v) is 3.63. The van der Waals surface area contributed by atoms with Crippen LogP contribution in [0.15, 0.2) is 70.4 Å². The zero-order valence-electron chi connectivity index (χ0n) is 17.0. The number of aryl methyl sites for hydroxylation is 1. The van der Waals surface area contributed by atoms with Crippen molar-refractivity contribution in [2.75, 3.05) is 5.32 Å². The van der Waals surface area contributed by atoms with Gasteiger partial charge in [-0.15, -0.1) is 0 Å². The Kier molecular flexibility index (Phi) is 6.12. The van der Waals surface area contributed by atoms with E-state index >= 15 is 0 Å². The lowest BCUT2D eigenvalue weighted by molar-refractivity contribution is -0.116. The number of benzene rings is 2. The maximum absolute atomic E-state index is 13.2. The van der Waals surface area contributed by atoms with Crippen LogP contribution in [0.1, 0.15) is 11.1 Å². The second kappa shape index (κ2) is 8.98. The minimum atomic E-state index is -0.609. The summed E-state index contributed by atoms with van der Waals surface area (Å²) in [4.78, 5) is 43.1. The van der Waals surface area contributed by atoms with Crippen LogP contribution in [0, 0.1) is 6.92 Å². The molecule has 4 aromatic rings. The Labute approximate surface area is 192 Å². The van der Waals surface area contributed by atoms with Gasteiger partial charge in [0.15, 0.2) is 5.52 Å². The molecule has 0 fully saturated rings. The number of anilines is 1. The van der Waals surface area contributed by atoms with E-state index in [1.54, 1.807) is 54.6 Å². The fourth-order valence-electron chi connectivity index (χ4n) is 3.32. The third-order valence-electron chi connectivity index (χ3n) is 5.00. The predicted octanol–water partition coefficient (Wildman–Crippen LogP) is 3.86. The Morgan fingerprint density at radius 1 is 1.03 bits per heavy atom. The van der Waals surface area contributed by atoms with Crippen molar-refractivity contribution in [1.29, 1.82) is 0 Å². The number of carbonyl (C=O) groups excluding carboxylic acids is 1. The van der Waals surface area contributed by atoms with E-state index in [0.717, 1.165) is 10.1 Å².